The number of amides is 1. The predicted octanol–water partition coefficient (Wildman–Crippen LogP) is 4.42. The van der Waals surface area contributed by atoms with E-state index in [-0.39, 0.29) is 18.1 Å². The molecule has 0 fully saturated rings. The largest absolute Gasteiger partial charge is 0.573 e. The van der Waals surface area contributed by atoms with Gasteiger partial charge in [-0.05, 0) is 47.5 Å². The van der Waals surface area contributed by atoms with Crippen LogP contribution in [0.1, 0.15) is 16.8 Å². The summed E-state index contributed by atoms with van der Waals surface area (Å²) < 4.78 is 46.1. The lowest BCUT2D eigenvalue weighted by Crippen LogP contribution is -2.24. The van der Waals surface area contributed by atoms with Crippen molar-refractivity contribution in [3.8, 4) is 11.5 Å². The van der Waals surface area contributed by atoms with E-state index in [0.29, 0.717) is 24.5 Å². The number of nitrogens with one attached hydrogen (secondary N) is 1. The molecular weight excluding hydrogens is 397 g/mol. The van der Waals surface area contributed by atoms with Gasteiger partial charge in [0.1, 0.15) is 18.1 Å². The first kappa shape index (κ1) is 21.2. The maximum atomic E-state index is 12.2. The topological polar surface area (TPSA) is 60.5 Å². The van der Waals surface area contributed by atoms with Crippen molar-refractivity contribution in [1.29, 1.82) is 0 Å². The van der Waals surface area contributed by atoms with Gasteiger partial charge in [0.05, 0.1) is 12.1 Å². The highest BCUT2D eigenvalue weighted by Crippen LogP contribution is 2.22. The highest BCUT2D eigenvalue weighted by molar-refractivity contribution is 5.78. The molecule has 156 valence electrons. The van der Waals surface area contributed by atoms with E-state index in [1.807, 2.05) is 42.5 Å². The Morgan fingerprint density at radius 2 is 1.73 bits per heavy atom. The first-order chi connectivity index (χ1) is 14.4. The fourth-order valence-electron chi connectivity index (χ4n) is 2.64. The predicted molar refractivity (Wildman–Crippen MR) is 104 cm³/mol. The highest BCUT2D eigenvalue weighted by atomic mass is 19.4. The molecule has 2 aromatic carbocycles. The van der Waals surface area contributed by atoms with E-state index in [0.717, 1.165) is 11.3 Å². The number of halogens is 3. The molecule has 0 spiro atoms. The zero-order valence-electron chi connectivity index (χ0n) is 15.9. The first-order valence-electron chi connectivity index (χ1n) is 9.10. The number of rotatable bonds is 8. The number of carbonyl (C=O) groups excluding carboxylic acids is 1. The van der Waals surface area contributed by atoms with Crippen LogP contribution >= 0.6 is 0 Å². The lowest BCUT2D eigenvalue weighted by Gasteiger charge is -2.10. The van der Waals surface area contributed by atoms with Crippen LogP contribution in [0.2, 0.25) is 0 Å². The number of ether oxygens (including phenoxy) is 2. The van der Waals surface area contributed by atoms with E-state index in [1.165, 1.54) is 24.3 Å². The second-order valence-electron chi connectivity index (χ2n) is 6.40. The van der Waals surface area contributed by atoms with Gasteiger partial charge in [0.15, 0.2) is 0 Å². The fraction of sp³-hybridized carbons (Fsp3) is 0.182. The normalized spacial score (nSPS) is 11.0. The molecule has 0 bridgehead atoms. The smallest absolute Gasteiger partial charge is 0.487 e. The first-order valence-corrected chi connectivity index (χ1v) is 9.10. The van der Waals surface area contributed by atoms with E-state index in [9.17, 15) is 18.0 Å². The summed E-state index contributed by atoms with van der Waals surface area (Å²) in [5.74, 6) is 0.0844. The van der Waals surface area contributed by atoms with Crippen molar-refractivity contribution >= 4 is 5.91 Å². The third-order valence-corrected chi connectivity index (χ3v) is 4.02. The molecule has 0 atom stereocenters. The van der Waals surface area contributed by atoms with Gasteiger partial charge >= 0.3 is 6.36 Å². The summed E-state index contributed by atoms with van der Waals surface area (Å²) in [6.45, 7) is 0.638. The van der Waals surface area contributed by atoms with Crippen LogP contribution in [0.25, 0.3) is 0 Å². The molecule has 3 aromatic rings. The molecule has 0 saturated carbocycles. The highest BCUT2D eigenvalue weighted by Gasteiger charge is 2.30. The van der Waals surface area contributed by atoms with Crippen molar-refractivity contribution in [1.82, 2.24) is 10.3 Å². The van der Waals surface area contributed by atoms with Crippen LogP contribution in [-0.4, -0.2) is 17.3 Å². The lowest BCUT2D eigenvalue weighted by atomic mass is 10.1. The van der Waals surface area contributed by atoms with Gasteiger partial charge in [0.2, 0.25) is 5.91 Å². The van der Waals surface area contributed by atoms with Crippen molar-refractivity contribution in [3.63, 3.8) is 0 Å². The molecule has 0 aliphatic carbocycles. The molecule has 1 aromatic heterocycles. The molecule has 5 nitrogen and oxygen atoms in total. The molecule has 0 radical (unpaired) electrons. The van der Waals surface area contributed by atoms with Crippen molar-refractivity contribution in [2.45, 2.75) is 25.9 Å². The van der Waals surface area contributed by atoms with Gasteiger partial charge in [0, 0.05) is 12.7 Å². The molecule has 30 heavy (non-hydrogen) atoms. The fourth-order valence-corrected chi connectivity index (χ4v) is 2.64. The molecule has 0 unspecified atom stereocenters. The number of benzene rings is 2. The number of nitrogens with zero attached hydrogens (tertiary/aromatic N) is 1. The van der Waals surface area contributed by atoms with Gasteiger partial charge in [-0.25, -0.2) is 0 Å². The van der Waals surface area contributed by atoms with Crippen molar-refractivity contribution in [3.05, 3.63) is 89.7 Å². The minimum absolute atomic E-state index is 0.0438. The second kappa shape index (κ2) is 9.78. The molecule has 1 N–H and O–H groups in total. The molecule has 0 saturated heterocycles. The van der Waals surface area contributed by atoms with Crippen LogP contribution in [0.4, 0.5) is 13.2 Å². The van der Waals surface area contributed by atoms with Crippen LogP contribution in [-0.2, 0) is 24.4 Å². The second-order valence-corrected chi connectivity index (χ2v) is 6.40. The molecule has 1 heterocycles. The summed E-state index contributed by atoms with van der Waals surface area (Å²) in [5, 5.41) is 2.78. The monoisotopic (exact) mass is 416 g/mol. The van der Waals surface area contributed by atoms with E-state index in [2.05, 4.69) is 15.0 Å². The minimum Gasteiger partial charge on any atom is -0.487 e. The summed E-state index contributed by atoms with van der Waals surface area (Å²) in [7, 11) is 0. The van der Waals surface area contributed by atoms with Gasteiger partial charge in [-0.3, -0.25) is 9.78 Å². The van der Waals surface area contributed by atoms with Crippen LogP contribution in [0.15, 0.2) is 72.9 Å². The van der Waals surface area contributed by atoms with Gasteiger partial charge < -0.3 is 14.8 Å². The quantitative estimate of drug-likeness (QED) is 0.591. The Labute approximate surface area is 171 Å². The van der Waals surface area contributed by atoms with Crippen LogP contribution in [0.5, 0.6) is 11.5 Å². The van der Waals surface area contributed by atoms with Gasteiger partial charge in [-0.15, -0.1) is 13.2 Å². The van der Waals surface area contributed by atoms with Crippen LogP contribution in [0, 0.1) is 0 Å². The third-order valence-electron chi connectivity index (χ3n) is 4.02. The number of carbonyl (C=O) groups is 1. The Hall–Kier alpha value is -3.55. The van der Waals surface area contributed by atoms with E-state index in [4.69, 9.17) is 4.74 Å². The van der Waals surface area contributed by atoms with E-state index < -0.39 is 6.36 Å². The van der Waals surface area contributed by atoms with E-state index >= 15 is 0 Å². The molecule has 0 aliphatic rings. The molecule has 3 rings (SSSR count). The van der Waals surface area contributed by atoms with Crippen molar-refractivity contribution < 1.29 is 27.4 Å². The zero-order chi connectivity index (χ0) is 21.4. The van der Waals surface area contributed by atoms with Crippen molar-refractivity contribution in [2.75, 3.05) is 0 Å². The van der Waals surface area contributed by atoms with E-state index in [1.54, 1.807) is 6.20 Å². The molecular formula is C22H19F3N2O3. The number of hydrogen-bond acceptors (Lipinski definition) is 4. The van der Waals surface area contributed by atoms with Crippen molar-refractivity contribution in [2.24, 2.45) is 0 Å². The Balaban J connectivity index is 1.47. The standard InChI is InChI=1S/C22H19F3N2O3/c23-22(24,25)30-19-9-7-16(8-10-19)13-21(28)27-14-17-4-3-6-20(12-17)29-15-18-5-1-2-11-26-18/h1-12H,13-15H2,(H,27,28). The summed E-state index contributed by atoms with van der Waals surface area (Å²) in [6, 6.07) is 18.1. The number of aromatic nitrogens is 1. The van der Waals surface area contributed by atoms with Crippen LogP contribution < -0.4 is 14.8 Å². The van der Waals surface area contributed by atoms with Crippen LogP contribution in [0.3, 0.4) is 0 Å². The summed E-state index contributed by atoms with van der Waals surface area (Å²) in [4.78, 5) is 16.3. The molecule has 8 heteroatoms. The Kier molecular flexibility index (Phi) is 6.90. The average Bonchev–Trinajstić information content (AvgIpc) is 2.72. The maximum absolute atomic E-state index is 12.2. The van der Waals surface area contributed by atoms with Gasteiger partial charge in [0.25, 0.3) is 0 Å². The number of alkyl halides is 3. The Bertz CT molecular complexity index is 961. The minimum atomic E-state index is -4.74. The average molecular weight is 416 g/mol. The number of pyridine rings is 1. The molecule has 1 amide bonds. The Morgan fingerprint density at radius 1 is 0.933 bits per heavy atom. The van der Waals surface area contributed by atoms with Gasteiger partial charge in [-0.2, -0.15) is 0 Å². The zero-order valence-corrected chi connectivity index (χ0v) is 15.9. The number of hydrogen-bond donors (Lipinski definition) is 1. The summed E-state index contributed by atoms with van der Waals surface area (Å²) in [6.07, 6.45) is -3.00. The summed E-state index contributed by atoms with van der Waals surface area (Å²) >= 11 is 0. The third kappa shape index (κ3) is 7.12. The van der Waals surface area contributed by atoms with Gasteiger partial charge in [-0.1, -0.05) is 30.3 Å². The SMILES string of the molecule is O=C(Cc1ccc(OC(F)(F)F)cc1)NCc1cccc(OCc2ccccn2)c1. The lowest BCUT2D eigenvalue weighted by molar-refractivity contribution is -0.274. The maximum Gasteiger partial charge on any atom is 0.573 e. The summed E-state index contributed by atoms with van der Waals surface area (Å²) in [5.41, 5.74) is 2.24. The molecule has 0 aliphatic heterocycles. The Morgan fingerprint density at radius 3 is 2.43 bits per heavy atom.